The Morgan fingerprint density at radius 3 is 2.12 bits per heavy atom. The second-order valence-corrected chi connectivity index (χ2v) is 5.27. The molecule has 0 unspecified atom stereocenters. The fourth-order valence-corrected chi connectivity index (χ4v) is 2.01. The minimum atomic E-state index is -0.985. The predicted molar refractivity (Wildman–Crippen MR) is 94.2 cm³/mol. The summed E-state index contributed by atoms with van der Waals surface area (Å²) in [6.45, 7) is 0.0468. The maximum Gasteiger partial charge on any atom is 0.305 e. The molecule has 0 radical (unpaired) electrons. The molecule has 0 atom stereocenters. The van der Waals surface area contributed by atoms with Gasteiger partial charge in [-0.1, -0.05) is 0 Å². The molecule has 0 aromatic heterocycles. The highest BCUT2D eigenvalue weighted by molar-refractivity contribution is 6.05. The number of rotatable bonds is 6. The van der Waals surface area contributed by atoms with Gasteiger partial charge in [-0.05, 0) is 42.5 Å². The first kappa shape index (κ1) is 17.8. The Hall–Kier alpha value is -3.55. The number of nitrogen functional groups attached to an aromatic ring is 2. The lowest BCUT2D eigenvalue weighted by Crippen LogP contribution is -2.25. The van der Waals surface area contributed by atoms with E-state index in [1.165, 1.54) is 18.2 Å². The van der Waals surface area contributed by atoms with E-state index >= 15 is 0 Å². The van der Waals surface area contributed by atoms with Crippen molar-refractivity contribution in [3.05, 3.63) is 53.6 Å². The molecule has 0 heterocycles. The van der Waals surface area contributed by atoms with Gasteiger partial charge in [0.2, 0.25) is 0 Å². The first-order chi connectivity index (χ1) is 11.9. The van der Waals surface area contributed by atoms with E-state index in [1.54, 1.807) is 24.3 Å². The van der Waals surface area contributed by atoms with Gasteiger partial charge in [0, 0.05) is 23.4 Å². The highest BCUT2D eigenvalue weighted by Crippen LogP contribution is 2.17. The smallest absolute Gasteiger partial charge is 0.305 e. The molecule has 8 nitrogen and oxygen atoms in total. The average molecular weight is 342 g/mol. The van der Waals surface area contributed by atoms with Crippen LogP contribution in [0, 0.1) is 0 Å². The van der Waals surface area contributed by atoms with Gasteiger partial charge in [0.05, 0.1) is 17.8 Å². The summed E-state index contributed by atoms with van der Waals surface area (Å²) in [4.78, 5) is 34.4. The van der Waals surface area contributed by atoms with Crippen LogP contribution in [0.4, 0.5) is 17.1 Å². The number of hydrogen-bond donors (Lipinski definition) is 5. The summed E-state index contributed by atoms with van der Waals surface area (Å²) in [5, 5.41) is 13.7. The van der Waals surface area contributed by atoms with Crippen LogP contribution in [0.15, 0.2) is 42.5 Å². The van der Waals surface area contributed by atoms with Crippen LogP contribution in [-0.2, 0) is 4.79 Å². The fourth-order valence-electron chi connectivity index (χ4n) is 2.01. The molecule has 2 aromatic carbocycles. The molecule has 0 aliphatic rings. The Kier molecular flexibility index (Phi) is 5.57. The molecule has 0 bridgehead atoms. The highest BCUT2D eigenvalue weighted by Gasteiger charge is 2.09. The van der Waals surface area contributed by atoms with Crippen LogP contribution in [0.5, 0.6) is 0 Å². The van der Waals surface area contributed by atoms with Crippen molar-refractivity contribution in [2.75, 3.05) is 23.3 Å². The zero-order chi connectivity index (χ0) is 18.4. The first-order valence-electron chi connectivity index (χ1n) is 7.43. The fraction of sp³-hybridized carbons (Fsp3) is 0.118. The molecule has 8 heteroatoms. The van der Waals surface area contributed by atoms with Gasteiger partial charge in [0.1, 0.15) is 0 Å². The SMILES string of the molecule is Nc1ccc(C(=O)Nc2ccc(C(=O)NCCC(=O)O)cc2)cc1N. The Labute approximate surface area is 143 Å². The number of carboxylic acids is 1. The minimum Gasteiger partial charge on any atom is -0.481 e. The lowest BCUT2D eigenvalue weighted by molar-refractivity contribution is -0.136. The minimum absolute atomic E-state index is 0.0468. The maximum atomic E-state index is 12.2. The van der Waals surface area contributed by atoms with E-state index in [2.05, 4.69) is 10.6 Å². The van der Waals surface area contributed by atoms with E-state index in [0.717, 1.165) is 0 Å². The molecule has 2 rings (SSSR count). The highest BCUT2D eigenvalue weighted by atomic mass is 16.4. The van der Waals surface area contributed by atoms with Gasteiger partial charge in [-0.15, -0.1) is 0 Å². The molecule has 25 heavy (non-hydrogen) atoms. The van der Waals surface area contributed by atoms with Gasteiger partial charge < -0.3 is 27.2 Å². The van der Waals surface area contributed by atoms with E-state index in [4.69, 9.17) is 16.6 Å². The first-order valence-corrected chi connectivity index (χ1v) is 7.43. The van der Waals surface area contributed by atoms with E-state index in [-0.39, 0.29) is 24.8 Å². The summed E-state index contributed by atoms with van der Waals surface area (Å²) < 4.78 is 0. The Morgan fingerprint density at radius 2 is 1.52 bits per heavy atom. The topological polar surface area (TPSA) is 148 Å². The normalized spacial score (nSPS) is 10.1. The van der Waals surface area contributed by atoms with Crippen molar-refractivity contribution < 1.29 is 19.5 Å². The van der Waals surface area contributed by atoms with Gasteiger partial charge in [0.15, 0.2) is 0 Å². The molecule has 0 saturated carbocycles. The molecule has 130 valence electrons. The van der Waals surface area contributed by atoms with Crippen LogP contribution in [0.2, 0.25) is 0 Å². The van der Waals surface area contributed by atoms with Gasteiger partial charge in [-0.3, -0.25) is 14.4 Å². The lowest BCUT2D eigenvalue weighted by Gasteiger charge is -2.08. The molecule has 7 N–H and O–H groups in total. The van der Waals surface area contributed by atoms with Crippen LogP contribution in [0.25, 0.3) is 0 Å². The van der Waals surface area contributed by atoms with Crippen molar-refractivity contribution in [2.45, 2.75) is 6.42 Å². The van der Waals surface area contributed by atoms with E-state index in [0.29, 0.717) is 28.2 Å². The number of anilines is 3. The number of hydrogen-bond acceptors (Lipinski definition) is 5. The number of carbonyl (C=O) groups excluding carboxylic acids is 2. The van der Waals surface area contributed by atoms with Crippen molar-refractivity contribution in [1.82, 2.24) is 5.32 Å². The lowest BCUT2D eigenvalue weighted by atomic mass is 10.1. The second kappa shape index (κ2) is 7.82. The van der Waals surface area contributed by atoms with Gasteiger partial charge in [0.25, 0.3) is 11.8 Å². The summed E-state index contributed by atoms with van der Waals surface area (Å²) in [5.41, 5.74) is 13.2. The van der Waals surface area contributed by atoms with E-state index < -0.39 is 5.97 Å². The van der Waals surface area contributed by atoms with Gasteiger partial charge >= 0.3 is 5.97 Å². The number of nitrogens with two attached hydrogens (primary N) is 2. The zero-order valence-corrected chi connectivity index (χ0v) is 13.3. The molecule has 0 saturated heterocycles. The third-order valence-corrected chi connectivity index (χ3v) is 3.38. The molecule has 2 amide bonds. The van der Waals surface area contributed by atoms with E-state index in [9.17, 15) is 14.4 Å². The standard InChI is InChI=1S/C17H18N4O4/c18-13-6-3-11(9-14(13)19)17(25)21-12-4-1-10(2-5-12)16(24)20-8-7-15(22)23/h1-6,9H,7-8,18-19H2,(H,20,24)(H,21,25)(H,22,23). The van der Waals surface area contributed by atoms with Crippen LogP contribution >= 0.6 is 0 Å². The quantitative estimate of drug-likeness (QED) is 0.500. The largest absolute Gasteiger partial charge is 0.481 e. The summed E-state index contributed by atoms with van der Waals surface area (Å²) in [6, 6.07) is 10.8. The summed E-state index contributed by atoms with van der Waals surface area (Å²) in [7, 11) is 0. The number of amides is 2. The number of carbonyl (C=O) groups is 3. The maximum absolute atomic E-state index is 12.2. The Bertz CT molecular complexity index is 803. The number of aliphatic carboxylic acids is 1. The third kappa shape index (κ3) is 4.96. The van der Waals surface area contributed by atoms with Crippen molar-refractivity contribution in [3.8, 4) is 0 Å². The summed E-state index contributed by atoms with van der Waals surface area (Å²) >= 11 is 0. The van der Waals surface area contributed by atoms with E-state index in [1.807, 2.05) is 0 Å². The van der Waals surface area contributed by atoms with Crippen LogP contribution < -0.4 is 22.1 Å². The molecular weight excluding hydrogens is 324 g/mol. The summed E-state index contributed by atoms with van der Waals surface area (Å²) in [5.74, 6) is -1.72. The number of nitrogens with one attached hydrogen (secondary N) is 2. The molecule has 0 aliphatic heterocycles. The summed E-state index contributed by atoms with van der Waals surface area (Å²) in [6.07, 6.45) is -0.148. The van der Waals surface area contributed by atoms with Crippen LogP contribution in [0.1, 0.15) is 27.1 Å². The van der Waals surface area contributed by atoms with Crippen molar-refractivity contribution in [3.63, 3.8) is 0 Å². The predicted octanol–water partition coefficient (Wildman–Crippen LogP) is 1.31. The average Bonchev–Trinajstić information content (AvgIpc) is 2.57. The monoisotopic (exact) mass is 342 g/mol. The molecule has 0 aliphatic carbocycles. The van der Waals surface area contributed by atoms with Crippen molar-refractivity contribution in [1.29, 1.82) is 0 Å². The van der Waals surface area contributed by atoms with Crippen LogP contribution in [-0.4, -0.2) is 29.4 Å². The third-order valence-electron chi connectivity index (χ3n) is 3.38. The number of carboxylic acid groups (broad SMARTS) is 1. The Morgan fingerprint density at radius 1 is 0.880 bits per heavy atom. The van der Waals surface area contributed by atoms with Crippen molar-refractivity contribution in [2.24, 2.45) is 0 Å². The Balaban J connectivity index is 1.97. The molecule has 0 fully saturated rings. The second-order valence-electron chi connectivity index (χ2n) is 5.27. The van der Waals surface area contributed by atoms with Gasteiger partial charge in [-0.25, -0.2) is 0 Å². The number of benzene rings is 2. The van der Waals surface area contributed by atoms with Gasteiger partial charge in [-0.2, -0.15) is 0 Å². The molecule has 0 spiro atoms. The van der Waals surface area contributed by atoms with Crippen molar-refractivity contribution >= 4 is 34.8 Å². The molecular formula is C17H18N4O4. The van der Waals surface area contributed by atoms with Crippen LogP contribution in [0.3, 0.4) is 0 Å². The zero-order valence-electron chi connectivity index (χ0n) is 13.3. The molecule has 2 aromatic rings.